The third-order valence-electron chi connectivity index (χ3n) is 3.75. The van der Waals surface area contributed by atoms with E-state index in [1.54, 1.807) is 6.20 Å². The minimum absolute atomic E-state index is 0.0562. The number of aromatic nitrogens is 1. The number of nitrogens with two attached hydrogens (primary N) is 1. The summed E-state index contributed by atoms with van der Waals surface area (Å²) in [6, 6.07) is 0.255. The van der Waals surface area contributed by atoms with Gasteiger partial charge in [-0.1, -0.05) is 0 Å². The van der Waals surface area contributed by atoms with Crippen LogP contribution in [0.3, 0.4) is 0 Å². The molecule has 1 aliphatic rings. The molecule has 0 saturated carbocycles. The number of likely N-dealkylation sites (tertiary alicyclic amines) is 1. The van der Waals surface area contributed by atoms with Crippen LogP contribution in [-0.4, -0.2) is 41.5 Å². The smallest absolute Gasteiger partial charge is 0.265 e. The summed E-state index contributed by atoms with van der Waals surface area (Å²) in [6.45, 7) is 8.03. The highest BCUT2D eigenvalue weighted by Crippen LogP contribution is 2.28. The zero-order chi connectivity index (χ0) is 14.7. The van der Waals surface area contributed by atoms with E-state index >= 15 is 0 Å². The topological polar surface area (TPSA) is 68.5 Å². The van der Waals surface area contributed by atoms with Crippen molar-refractivity contribution in [2.75, 3.05) is 19.7 Å². The monoisotopic (exact) mass is 297 g/mol. The van der Waals surface area contributed by atoms with Gasteiger partial charge in [0.2, 0.25) is 0 Å². The van der Waals surface area contributed by atoms with E-state index in [0.29, 0.717) is 23.9 Å². The lowest BCUT2D eigenvalue weighted by molar-refractivity contribution is 0.0748. The van der Waals surface area contributed by atoms with E-state index in [1.807, 2.05) is 18.7 Å². The van der Waals surface area contributed by atoms with Gasteiger partial charge in [0.1, 0.15) is 16.0 Å². The largest absolute Gasteiger partial charge is 0.372 e. The quantitative estimate of drug-likeness (QED) is 0.903. The molecule has 2 N–H and O–H groups in total. The number of carbonyl (C=O) groups excluding carboxylic acids is 1. The van der Waals surface area contributed by atoms with Crippen molar-refractivity contribution in [2.45, 2.75) is 39.3 Å². The minimum Gasteiger partial charge on any atom is -0.372 e. The van der Waals surface area contributed by atoms with E-state index in [0.717, 1.165) is 18.0 Å². The standard InChI is InChI=1S/C14H23N3O2S/c1-4-19-10(3)13-16-7-12(20-13)14(18)17-8-11(6-15)5-9(17)2/h7,9-11H,4-6,8,15H2,1-3H3. The molecule has 1 fully saturated rings. The van der Waals surface area contributed by atoms with Crippen molar-refractivity contribution in [3.8, 4) is 0 Å². The number of thiazole rings is 1. The zero-order valence-corrected chi connectivity index (χ0v) is 13.2. The second kappa shape index (κ2) is 6.65. The fourth-order valence-corrected chi connectivity index (χ4v) is 3.51. The number of nitrogens with zero attached hydrogens (tertiary/aromatic N) is 2. The molecule has 20 heavy (non-hydrogen) atoms. The Morgan fingerprint density at radius 1 is 1.70 bits per heavy atom. The normalized spacial score (nSPS) is 24.1. The Kier molecular flexibility index (Phi) is 5.12. The van der Waals surface area contributed by atoms with Crippen LogP contribution in [0.15, 0.2) is 6.20 Å². The van der Waals surface area contributed by atoms with Crippen LogP contribution < -0.4 is 5.73 Å². The summed E-state index contributed by atoms with van der Waals surface area (Å²) in [7, 11) is 0. The second-order valence-electron chi connectivity index (χ2n) is 5.30. The number of amides is 1. The Bertz CT molecular complexity index is 463. The van der Waals surface area contributed by atoms with Crippen molar-refractivity contribution in [3.05, 3.63) is 16.1 Å². The Hall–Kier alpha value is -0.980. The lowest BCUT2D eigenvalue weighted by atomic mass is 10.1. The van der Waals surface area contributed by atoms with Crippen LogP contribution >= 0.6 is 11.3 Å². The molecule has 2 heterocycles. The summed E-state index contributed by atoms with van der Waals surface area (Å²) < 4.78 is 5.51. The summed E-state index contributed by atoms with van der Waals surface area (Å²) in [6.07, 6.45) is 2.60. The van der Waals surface area contributed by atoms with Crippen LogP contribution in [0, 0.1) is 5.92 Å². The lowest BCUT2D eigenvalue weighted by Crippen LogP contribution is -2.33. The highest BCUT2D eigenvalue weighted by Gasteiger charge is 2.33. The zero-order valence-electron chi connectivity index (χ0n) is 12.3. The predicted octanol–water partition coefficient (Wildman–Crippen LogP) is 2.05. The molecule has 5 nitrogen and oxygen atoms in total. The first-order valence-electron chi connectivity index (χ1n) is 7.15. The van der Waals surface area contributed by atoms with E-state index in [1.165, 1.54) is 11.3 Å². The Labute approximate surface area is 124 Å². The molecule has 6 heteroatoms. The highest BCUT2D eigenvalue weighted by molar-refractivity contribution is 7.13. The van der Waals surface area contributed by atoms with Gasteiger partial charge in [-0.05, 0) is 39.7 Å². The average Bonchev–Trinajstić information content (AvgIpc) is 3.04. The molecular formula is C14H23N3O2S. The SMILES string of the molecule is CCOC(C)c1ncc(C(=O)N2CC(CN)CC2C)s1. The van der Waals surface area contributed by atoms with Crippen molar-refractivity contribution in [1.29, 1.82) is 0 Å². The van der Waals surface area contributed by atoms with Crippen molar-refractivity contribution in [1.82, 2.24) is 9.88 Å². The maximum Gasteiger partial charge on any atom is 0.265 e. The summed E-state index contributed by atoms with van der Waals surface area (Å²) in [5, 5.41) is 0.859. The van der Waals surface area contributed by atoms with E-state index in [2.05, 4.69) is 11.9 Å². The third kappa shape index (κ3) is 3.19. The summed E-state index contributed by atoms with van der Waals surface area (Å²) in [5.74, 6) is 0.490. The molecule has 0 radical (unpaired) electrons. The van der Waals surface area contributed by atoms with Gasteiger partial charge < -0.3 is 15.4 Å². The van der Waals surface area contributed by atoms with E-state index in [-0.39, 0.29) is 18.1 Å². The number of hydrogen-bond donors (Lipinski definition) is 1. The Balaban J connectivity index is 2.06. The van der Waals surface area contributed by atoms with Crippen LogP contribution in [0.1, 0.15) is 48.0 Å². The Morgan fingerprint density at radius 2 is 2.45 bits per heavy atom. The fourth-order valence-electron chi connectivity index (χ4n) is 2.63. The Morgan fingerprint density at radius 3 is 3.05 bits per heavy atom. The van der Waals surface area contributed by atoms with Gasteiger partial charge >= 0.3 is 0 Å². The van der Waals surface area contributed by atoms with Crippen LogP contribution in [0.25, 0.3) is 0 Å². The van der Waals surface area contributed by atoms with Gasteiger partial charge in [-0.2, -0.15) is 0 Å². The summed E-state index contributed by atoms with van der Waals surface area (Å²) in [4.78, 5) is 19.4. The van der Waals surface area contributed by atoms with Crippen molar-refractivity contribution in [3.63, 3.8) is 0 Å². The maximum atomic E-state index is 12.5. The van der Waals surface area contributed by atoms with Crippen molar-refractivity contribution < 1.29 is 9.53 Å². The maximum absolute atomic E-state index is 12.5. The molecule has 0 aromatic carbocycles. The number of carbonyl (C=O) groups is 1. The van der Waals surface area contributed by atoms with Crippen molar-refractivity contribution >= 4 is 17.2 Å². The molecular weight excluding hydrogens is 274 g/mol. The molecule has 2 rings (SSSR count). The molecule has 112 valence electrons. The molecule has 3 atom stereocenters. The first kappa shape index (κ1) is 15.4. The molecule has 1 aliphatic heterocycles. The van der Waals surface area contributed by atoms with E-state index in [9.17, 15) is 4.79 Å². The number of hydrogen-bond acceptors (Lipinski definition) is 5. The third-order valence-corrected chi connectivity index (χ3v) is 4.90. The molecule has 1 amide bonds. The minimum atomic E-state index is -0.0562. The van der Waals surface area contributed by atoms with E-state index in [4.69, 9.17) is 10.5 Å². The lowest BCUT2D eigenvalue weighted by Gasteiger charge is -2.20. The molecule has 1 aromatic heterocycles. The van der Waals surface area contributed by atoms with Gasteiger partial charge in [-0.15, -0.1) is 11.3 Å². The summed E-state index contributed by atoms with van der Waals surface area (Å²) in [5.41, 5.74) is 5.71. The fraction of sp³-hybridized carbons (Fsp3) is 0.714. The van der Waals surface area contributed by atoms with Gasteiger partial charge in [-0.25, -0.2) is 4.98 Å². The van der Waals surface area contributed by atoms with Crippen LogP contribution in [0.5, 0.6) is 0 Å². The van der Waals surface area contributed by atoms with E-state index < -0.39 is 0 Å². The van der Waals surface area contributed by atoms with Gasteiger partial charge in [0.05, 0.1) is 6.20 Å². The molecule has 1 aromatic rings. The van der Waals surface area contributed by atoms with Crippen LogP contribution in [-0.2, 0) is 4.74 Å². The van der Waals surface area contributed by atoms with Gasteiger partial charge in [0.15, 0.2) is 0 Å². The number of rotatable bonds is 5. The molecule has 0 aliphatic carbocycles. The van der Waals surface area contributed by atoms with Gasteiger partial charge in [0.25, 0.3) is 5.91 Å². The molecule has 0 spiro atoms. The highest BCUT2D eigenvalue weighted by atomic mass is 32.1. The molecule has 0 bridgehead atoms. The molecule has 3 unspecified atom stereocenters. The molecule has 1 saturated heterocycles. The second-order valence-corrected chi connectivity index (χ2v) is 6.37. The van der Waals surface area contributed by atoms with Crippen LogP contribution in [0.2, 0.25) is 0 Å². The van der Waals surface area contributed by atoms with Crippen LogP contribution in [0.4, 0.5) is 0 Å². The first-order chi connectivity index (χ1) is 9.56. The van der Waals surface area contributed by atoms with Crippen molar-refractivity contribution in [2.24, 2.45) is 11.7 Å². The number of ether oxygens (including phenoxy) is 1. The van der Waals surface area contributed by atoms with Gasteiger partial charge in [-0.3, -0.25) is 4.79 Å². The average molecular weight is 297 g/mol. The van der Waals surface area contributed by atoms with Gasteiger partial charge in [0, 0.05) is 19.2 Å². The predicted molar refractivity (Wildman–Crippen MR) is 79.8 cm³/mol. The first-order valence-corrected chi connectivity index (χ1v) is 7.96. The summed E-state index contributed by atoms with van der Waals surface area (Å²) >= 11 is 1.43.